The van der Waals surface area contributed by atoms with Gasteiger partial charge in [0.25, 0.3) is 5.56 Å². The molecule has 11 nitrogen and oxygen atoms in total. The molecule has 2 N–H and O–H groups in total. The maximum atomic E-state index is 12.9. The van der Waals surface area contributed by atoms with Crippen molar-refractivity contribution in [3.05, 3.63) is 129 Å². The maximum Gasteiger partial charge on any atom is 0.330 e. The second kappa shape index (κ2) is 14.0. The first-order valence-corrected chi connectivity index (χ1v) is 15.3. The molecule has 0 aliphatic carbocycles. The Hall–Kier alpha value is -4.26. The fraction of sp³-hybridized carbons (Fsp3) is 0.371. The standard InChI is InChI=1S/C35H38N2O9/c1-41-26-15-11-24(12-16-26)35(23-8-4-3-5-9-23,25-13-17-27(42-2)18-14-25)44-22-28-31(39)32(46-30-10-6-7-21-43-30)33(45-28)37-20-19-29(38)36-34(37)40/h3-5,8-9,11-20,28,30-33,39H,6-7,10,21-22H2,1-2H3,(H,36,38,40). The SMILES string of the molecule is COc1ccc(C(OCC2OC(n3ccc(=O)[nH]c3=O)C(OC3CCCCO3)C2O)(c2ccccc2)c2ccc(OC)cc2)cc1. The lowest BCUT2D eigenvalue weighted by molar-refractivity contribution is -0.215. The highest BCUT2D eigenvalue weighted by molar-refractivity contribution is 5.49. The zero-order chi connectivity index (χ0) is 32.1. The van der Waals surface area contributed by atoms with Gasteiger partial charge in [0.05, 0.1) is 20.8 Å². The minimum atomic E-state index is -1.20. The summed E-state index contributed by atoms with van der Waals surface area (Å²) in [6.07, 6.45) is -0.910. The smallest absolute Gasteiger partial charge is 0.330 e. The first kappa shape index (κ1) is 31.7. The van der Waals surface area contributed by atoms with E-state index in [1.54, 1.807) is 14.2 Å². The number of H-pyrrole nitrogens is 1. The van der Waals surface area contributed by atoms with E-state index in [0.717, 1.165) is 29.5 Å². The summed E-state index contributed by atoms with van der Waals surface area (Å²) < 4.78 is 37.5. The number of aliphatic hydroxyl groups is 1. The minimum absolute atomic E-state index is 0.0892. The highest BCUT2D eigenvalue weighted by Gasteiger charge is 2.49. The molecule has 2 aliphatic heterocycles. The average Bonchev–Trinajstić information content (AvgIpc) is 3.40. The van der Waals surface area contributed by atoms with E-state index in [1.807, 2.05) is 78.9 Å². The topological polar surface area (TPSA) is 130 Å². The van der Waals surface area contributed by atoms with Crippen LogP contribution in [0.1, 0.15) is 42.2 Å². The second-order valence-electron chi connectivity index (χ2n) is 11.3. The van der Waals surface area contributed by atoms with Gasteiger partial charge in [-0.1, -0.05) is 54.6 Å². The van der Waals surface area contributed by atoms with Crippen LogP contribution in [0.4, 0.5) is 0 Å². The number of hydrogen-bond donors (Lipinski definition) is 2. The van der Waals surface area contributed by atoms with Crippen LogP contribution in [0.3, 0.4) is 0 Å². The summed E-state index contributed by atoms with van der Waals surface area (Å²) in [4.78, 5) is 27.0. The first-order chi connectivity index (χ1) is 22.4. The fourth-order valence-corrected chi connectivity index (χ4v) is 6.13. The molecular weight excluding hydrogens is 592 g/mol. The van der Waals surface area contributed by atoms with E-state index in [-0.39, 0.29) is 6.61 Å². The molecule has 11 heteroatoms. The number of aliphatic hydroxyl groups excluding tert-OH is 1. The highest BCUT2D eigenvalue weighted by Crippen LogP contribution is 2.43. The van der Waals surface area contributed by atoms with Gasteiger partial charge in [-0.05, 0) is 60.2 Å². The van der Waals surface area contributed by atoms with Crippen LogP contribution in [0.25, 0.3) is 0 Å². The van der Waals surface area contributed by atoms with Crippen molar-refractivity contribution < 1.29 is 33.5 Å². The van der Waals surface area contributed by atoms with Gasteiger partial charge in [0.15, 0.2) is 12.5 Å². The molecule has 0 radical (unpaired) electrons. The van der Waals surface area contributed by atoms with E-state index in [9.17, 15) is 14.7 Å². The molecule has 242 valence electrons. The summed E-state index contributed by atoms with van der Waals surface area (Å²) in [5.74, 6) is 1.38. The Morgan fingerprint density at radius 2 is 1.50 bits per heavy atom. The summed E-state index contributed by atoms with van der Waals surface area (Å²) in [5.41, 5.74) is 0.0926. The van der Waals surface area contributed by atoms with Crippen LogP contribution in [0.5, 0.6) is 11.5 Å². The lowest BCUT2D eigenvalue weighted by Gasteiger charge is -2.37. The van der Waals surface area contributed by atoms with Crippen LogP contribution in [0.15, 0.2) is 101 Å². The third-order valence-electron chi connectivity index (χ3n) is 8.52. The van der Waals surface area contributed by atoms with E-state index in [0.29, 0.717) is 24.5 Å². The predicted octanol–water partition coefficient (Wildman–Crippen LogP) is 3.73. The quantitative estimate of drug-likeness (QED) is 0.238. The Balaban J connectivity index is 1.39. The molecule has 3 heterocycles. The number of ether oxygens (including phenoxy) is 6. The predicted molar refractivity (Wildman–Crippen MR) is 168 cm³/mol. The number of rotatable bonds is 11. The molecule has 5 unspecified atom stereocenters. The van der Waals surface area contributed by atoms with Gasteiger partial charge in [-0.2, -0.15) is 0 Å². The molecule has 4 aromatic rings. The van der Waals surface area contributed by atoms with E-state index in [1.165, 1.54) is 16.8 Å². The zero-order valence-electron chi connectivity index (χ0n) is 25.7. The van der Waals surface area contributed by atoms with Crippen molar-refractivity contribution in [3.63, 3.8) is 0 Å². The summed E-state index contributed by atoms with van der Waals surface area (Å²) in [5, 5.41) is 11.7. The third kappa shape index (κ3) is 6.37. The van der Waals surface area contributed by atoms with Gasteiger partial charge in [-0.15, -0.1) is 0 Å². The van der Waals surface area contributed by atoms with Gasteiger partial charge in [0.2, 0.25) is 0 Å². The molecule has 5 atom stereocenters. The Morgan fingerprint density at radius 1 is 0.870 bits per heavy atom. The van der Waals surface area contributed by atoms with Gasteiger partial charge in [-0.3, -0.25) is 14.3 Å². The fourth-order valence-electron chi connectivity index (χ4n) is 6.13. The van der Waals surface area contributed by atoms with Crippen LogP contribution < -0.4 is 20.7 Å². The number of nitrogens with one attached hydrogen (secondary N) is 1. The van der Waals surface area contributed by atoms with Crippen molar-refractivity contribution >= 4 is 0 Å². The molecule has 1 aromatic heterocycles. The van der Waals surface area contributed by atoms with Gasteiger partial charge in [0.1, 0.15) is 35.4 Å². The Morgan fingerprint density at radius 3 is 2.07 bits per heavy atom. The molecule has 0 spiro atoms. The molecule has 0 amide bonds. The van der Waals surface area contributed by atoms with Crippen LogP contribution in [0, 0.1) is 0 Å². The number of benzene rings is 3. The van der Waals surface area contributed by atoms with Crippen LogP contribution in [-0.4, -0.2) is 66.7 Å². The Labute approximate surface area is 266 Å². The molecule has 3 aromatic carbocycles. The second-order valence-corrected chi connectivity index (χ2v) is 11.3. The van der Waals surface area contributed by atoms with Crippen molar-refractivity contribution in [3.8, 4) is 11.5 Å². The third-order valence-corrected chi connectivity index (χ3v) is 8.52. The summed E-state index contributed by atoms with van der Waals surface area (Å²) in [7, 11) is 3.22. The van der Waals surface area contributed by atoms with Gasteiger partial charge >= 0.3 is 5.69 Å². The summed E-state index contributed by atoms with van der Waals surface area (Å²) >= 11 is 0. The normalized spacial score (nSPS) is 23.2. The van der Waals surface area contributed by atoms with E-state index < -0.39 is 47.7 Å². The number of hydrogen-bond acceptors (Lipinski definition) is 9. The summed E-state index contributed by atoms with van der Waals surface area (Å²) in [6.45, 7) is 0.446. The molecule has 0 bridgehead atoms. The first-order valence-electron chi connectivity index (χ1n) is 15.3. The molecule has 2 aliphatic rings. The molecular formula is C35H38N2O9. The molecule has 6 rings (SSSR count). The van der Waals surface area contributed by atoms with Crippen LogP contribution in [-0.2, 0) is 24.5 Å². The van der Waals surface area contributed by atoms with Crippen LogP contribution >= 0.6 is 0 Å². The molecule has 0 saturated carbocycles. The van der Waals surface area contributed by atoms with E-state index >= 15 is 0 Å². The van der Waals surface area contributed by atoms with Crippen molar-refractivity contribution in [2.24, 2.45) is 0 Å². The largest absolute Gasteiger partial charge is 0.497 e. The minimum Gasteiger partial charge on any atom is -0.497 e. The maximum absolute atomic E-state index is 12.9. The highest BCUT2D eigenvalue weighted by atomic mass is 16.7. The summed E-state index contributed by atoms with van der Waals surface area (Å²) in [6, 6.07) is 26.2. The molecule has 46 heavy (non-hydrogen) atoms. The van der Waals surface area contributed by atoms with Crippen molar-refractivity contribution in [1.82, 2.24) is 9.55 Å². The average molecular weight is 631 g/mol. The van der Waals surface area contributed by atoms with Gasteiger partial charge in [-0.25, -0.2) is 4.79 Å². The monoisotopic (exact) mass is 630 g/mol. The number of aromatic amines is 1. The van der Waals surface area contributed by atoms with Gasteiger partial charge < -0.3 is 33.5 Å². The van der Waals surface area contributed by atoms with Crippen molar-refractivity contribution in [2.75, 3.05) is 27.4 Å². The molecule has 2 saturated heterocycles. The molecule has 2 fully saturated rings. The Kier molecular flexibility index (Phi) is 9.67. The number of nitrogens with zero attached hydrogens (tertiary/aromatic N) is 1. The number of aromatic nitrogens is 2. The Bertz CT molecular complexity index is 1630. The zero-order valence-corrected chi connectivity index (χ0v) is 25.7. The lowest BCUT2D eigenvalue weighted by atomic mass is 9.80. The van der Waals surface area contributed by atoms with E-state index in [2.05, 4.69) is 4.98 Å². The van der Waals surface area contributed by atoms with Gasteiger partial charge in [0, 0.05) is 18.9 Å². The van der Waals surface area contributed by atoms with E-state index in [4.69, 9.17) is 28.4 Å². The van der Waals surface area contributed by atoms with Crippen molar-refractivity contribution in [2.45, 2.75) is 55.7 Å². The van der Waals surface area contributed by atoms with Crippen LogP contribution in [0.2, 0.25) is 0 Å². The number of methoxy groups -OCH3 is 2. The van der Waals surface area contributed by atoms with Crippen molar-refractivity contribution in [1.29, 1.82) is 0 Å². The lowest BCUT2D eigenvalue weighted by Crippen LogP contribution is -2.43.